The fraction of sp³-hybridized carbons (Fsp3) is 0.571. The highest BCUT2D eigenvalue weighted by molar-refractivity contribution is 5.15. The maximum absolute atomic E-state index is 9.04. The molecule has 1 saturated carbocycles. The van der Waals surface area contributed by atoms with Crippen molar-refractivity contribution in [3.8, 4) is 37.5 Å². The van der Waals surface area contributed by atoms with E-state index >= 15 is 0 Å². The molecular formula is C14H10N6O6. The first-order valence-corrected chi connectivity index (χ1v) is 6.92. The molecule has 0 spiro atoms. The first kappa shape index (κ1) is 19.8. The molecular weight excluding hydrogens is 348 g/mol. The molecule has 0 radical (unpaired) electrons. The van der Waals surface area contributed by atoms with Crippen LogP contribution in [0.3, 0.4) is 0 Å². The van der Waals surface area contributed by atoms with Crippen LogP contribution in [0.2, 0.25) is 0 Å². The first-order valence-electron chi connectivity index (χ1n) is 6.92. The van der Waals surface area contributed by atoms with Crippen LogP contribution in [-0.4, -0.2) is 36.1 Å². The number of nitrogens with zero attached hydrogens (tertiary/aromatic N) is 6. The van der Waals surface area contributed by atoms with Gasteiger partial charge in [-0.05, 0) is 6.42 Å². The van der Waals surface area contributed by atoms with Crippen LogP contribution in [0, 0.1) is 69.1 Å². The lowest BCUT2D eigenvalue weighted by Crippen LogP contribution is -2.72. The molecule has 1 aliphatic carbocycles. The van der Waals surface area contributed by atoms with Crippen LogP contribution < -0.4 is 0 Å². The minimum absolute atomic E-state index is 0.0882. The summed E-state index contributed by atoms with van der Waals surface area (Å²) in [5, 5.41) is 53.6. The van der Waals surface area contributed by atoms with E-state index in [1.165, 1.54) is 44.5 Å². The van der Waals surface area contributed by atoms with E-state index in [1.54, 1.807) is 0 Å². The molecule has 132 valence electrons. The van der Waals surface area contributed by atoms with Gasteiger partial charge in [-0.2, -0.15) is 31.6 Å². The van der Waals surface area contributed by atoms with Gasteiger partial charge in [0.25, 0.3) is 37.5 Å². The second-order valence-corrected chi connectivity index (χ2v) is 4.78. The topological polar surface area (TPSA) is 198 Å². The van der Waals surface area contributed by atoms with Crippen molar-refractivity contribution in [3.05, 3.63) is 0 Å². The molecule has 0 N–H and O–H groups in total. The molecule has 0 heterocycles. The zero-order chi connectivity index (χ0) is 19.6. The van der Waals surface area contributed by atoms with E-state index in [1.807, 2.05) is 0 Å². The highest BCUT2D eigenvalue weighted by atomic mass is 16.6. The standard InChI is InChI=1S/C14H10N6O6/c1-2-14(26-8-20)12(24-6-18)10(22-4-16)9(21-3-15)11(23-5-17)13(14)25-7-19/h9-13H,2H2,1H3/t9?,10-,11+,12-,13-,14?/m0/s1. The van der Waals surface area contributed by atoms with Gasteiger partial charge in [-0.15, -0.1) is 0 Å². The Labute approximate surface area is 148 Å². The van der Waals surface area contributed by atoms with Crippen molar-refractivity contribution >= 4 is 0 Å². The molecule has 2 unspecified atom stereocenters. The molecule has 1 rings (SSSR count). The second kappa shape index (κ2) is 9.14. The van der Waals surface area contributed by atoms with Crippen LogP contribution in [0.4, 0.5) is 0 Å². The first-order chi connectivity index (χ1) is 12.6. The average Bonchev–Trinajstić information content (AvgIpc) is 2.64. The Hall–Kier alpha value is -4.26. The van der Waals surface area contributed by atoms with Gasteiger partial charge in [-0.25, -0.2) is 0 Å². The van der Waals surface area contributed by atoms with Crippen LogP contribution in [0.5, 0.6) is 0 Å². The maximum atomic E-state index is 9.04. The van der Waals surface area contributed by atoms with Gasteiger partial charge < -0.3 is 28.4 Å². The Kier molecular flexibility index (Phi) is 6.95. The van der Waals surface area contributed by atoms with Gasteiger partial charge in [0.1, 0.15) is 0 Å². The summed E-state index contributed by atoms with van der Waals surface area (Å²) >= 11 is 0. The molecule has 0 aromatic rings. The summed E-state index contributed by atoms with van der Waals surface area (Å²) in [7, 11) is 0. The SMILES string of the molecule is CCC1(OC#N)[C@@H](OC#N)[C@H](OC#N)C(OC#N)[C@H](OC#N)[C@@H]1OC#N. The van der Waals surface area contributed by atoms with Crippen LogP contribution >= 0.6 is 0 Å². The Morgan fingerprint density at radius 3 is 1.31 bits per heavy atom. The third-order valence-corrected chi connectivity index (χ3v) is 3.92. The van der Waals surface area contributed by atoms with Crippen molar-refractivity contribution in [2.75, 3.05) is 0 Å². The molecule has 12 heteroatoms. The minimum Gasteiger partial charge on any atom is -0.416 e. The molecule has 6 atom stereocenters. The normalized spacial score (nSPS) is 31.7. The van der Waals surface area contributed by atoms with Gasteiger partial charge in [-0.1, -0.05) is 6.92 Å². The lowest BCUT2D eigenvalue weighted by atomic mass is 9.72. The fourth-order valence-corrected chi connectivity index (χ4v) is 2.95. The summed E-state index contributed by atoms with van der Waals surface area (Å²) in [6, 6.07) is 0. The van der Waals surface area contributed by atoms with Crippen molar-refractivity contribution in [2.24, 2.45) is 0 Å². The maximum Gasteiger partial charge on any atom is 0.287 e. The zero-order valence-electron chi connectivity index (χ0n) is 13.2. The van der Waals surface area contributed by atoms with E-state index in [9.17, 15) is 0 Å². The minimum atomic E-state index is -1.86. The molecule has 0 saturated heterocycles. The number of hydrogen-bond donors (Lipinski definition) is 0. The van der Waals surface area contributed by atoms with E-state index < -0.39 is 36.1 Å². The third-order valence-electron chi connectivity index (χ3n) is 3.92. The Morgan fingerprint density at radius 1 is 0.615 bits per heavy atom. The smallest absolute Gasteiger partial charge is 0.287 e. The molecule has 0 aromatic heterocycles. The van der Waals surface area contributed by atoms with Crippen molar-refractivity contribution in [2.45, 2.75) is 49.5 Å². The van der Waals surface area contributed by atoms with Crippen molar-refractivity contribution in [3.63, 3.8) is 0 Å². The highest BCUT2D eigenvalue weighted by Crippen LogP contribution is 2.42. The average molecular weight is 358 g/mol. The van der Waals surface area contributed by atoms with Crippen molar-refractivity contribution < 1.29 is 28.4 Å². The molecule has 0 aromatic carbocycles. The predicted octanol–water partition coefficient (Wildman–Crippen LogP) is -0.0221. The fourth-order valence-electron chi connectivity index (χ4n) is 2.95. The molecule has 1 aliphatic rings. The van der Waals surface area contributed by atoms with Gasteiger partial charge in [0, 0.05) is 0 Å². The monoisotopic (exact) mass is 358 g/mol. The van der Waals surface area contributed by atoms with E-state index in [-0.39, 0.29) is 6.42 Å². The Bertz CT molecular complexity index is 703. The van der Waals surface area contributed by atoms with Gasteiger partial charge in [-0.3, -0.25) is 0 Å². The van der Waals surface area contributed by atoms with Crippen molar-refractivity contribution in [1.82, 2.24) is 0 Å². The number of rotatable bonds is 7. The van der Waals surface area contributed by atoms with E-state index in [0.29, 0.717) is 0 Å². The van der Waals surface area contributed by atoms with E-state index in [2.05, 4.69) is 0 Å². The Balaban J connectivity index is 3.67. The molecule has 0 bridgehead atoms. The lowest BCUT2D eigenvalue weighted by molar-refractivity contribution is -0.263. The molecule has 26 heavy (non-hydrogen) atoms. The summed E-state index contributed by atoms with van der Waals surface area (Å²) in [5.41, 5.74) is -1.86. The van der Waals surface area contributed by atoms with Gasteiger partial charge in [0.05, 0.1) is 0 Å². The lowest BCUT2D eigenvalue weighted by Gasteiger charge is -2.49. The van der Waals surface area contributed by atoms with Gasteiger partial charge >= 0.3 is 0 Å². The summed E-state index contributed by atoms with van der Waals surface area (Å²) in [5.74, 6) is 0. The van der Waals surface area contributed by atoms with Gasteiger partial charge in [0.2, 0.25) is 5.60 Å². The summed E-state index contributed by atoms with van der Waals surface area (Å²) in [6.45, 7) is 1.51. The van der Waals surface area contributed by atoms with Gasteiger partial charge in [0.15, 0.2) is 30.5 Å². The van der Waals surface area contributed by atoms with E-state index in [0.717, 1.165) is 0 Å². The summed E-state index contributed by atoms with van der Waals surface area (Å²) in [4.78, 5) is 0. The van der Waals surface area contributed by atoms with E-state index in [4.69, 9.17) is 60.0 Å². The van der Waals surface area contributed by atoms with Crippen LogP contribution in [-0.2, 0) is 28.4 Å². The van der Waals surface area contributed by atoms with Crippen LogP contribution in [0.25, 0.3) is 0 Å². The second-order valence-electron chi connectivity index (χ2n) is 4.78. The quantitative estimate of drug-likeness (QED) is 0.551. The number of ether oxygens (including phenoxy) is 6. The highest BCUT2D eigenvalue weighted by Gasteiger charge is 2.68. The Morgan fingerprint density at radius 2 is 1.00 bits per heavy atom. The van der Waals surface area contributed by atoms with Crippen molar-refractivity contribution in [1.29, 1.82) is 31.6 Å². The molecule has 1 fully saturated rings. The largest absolute Gasteiger partial charge is 0.416 e. The number of nitriles is 6. The summed E-state index contributed by atoms with van der Waals surface area (Å²) < 4.78 is 29.4. The molecule has 12 nitrogen and oxygen atoms in total. The van der Waals surface area contributed by atoms with Crippen LogP contribution in [0.1, 0.15) is 13.3 Å². The molecule has 0 amide bonds. The summed E-state index contributed by atoms with van der Waals surface area (Å²) in [6.07, 6.45) is 0.689. The van der Waals surface area contributed by atoms with Crippen LogP contribution in [0.15, 0.2) is 0 Å². The third kappa shape index (κ3) is 3.31. The zero-order valence-corrected chi connectivity index (χ0v) is 13.2. The molecule has 0 aliphatic heterocycles. The number of hydrogen-bond acceptors (Lipinski definition) is 12. The predicted molar refractivity (Wildman–Crippen MR) is 72.2 cm³/mol.